The number of nitrogens with zero attached hydrogens (tertiary/aromatic N) is 1. The highest BCUT2D eigenvalue weighted by Crippen LogP contribution is 2.23. The number of carbonyl (C=O) groups is 1. The molecule has 1 aromatic heterocycles. The highest BCUT2D eigenvalue weighted by molar-refractivity contribution is 6.04. The van der Waals surface area contributed by atoms with Gasteiger partial charge >= 0.3 is 0 Å². The van der Waals surface area contributed by atoms with Crippen LogP contribution >= 0.6 is 0 Å². The lowest BCUT2D eigenvalue weighted by Gasteiger charge is -2.12. The Labute approximate surface area is 165 Å². The molecule has 0 aliphatic heterocycles. The molecule has 144 valence electrons. The zero-order chi connectivity index (χ0) is 20.1. The molecule has 5 heteroatoms. The maximum atomic E-state index is 12.6. The van der Waals surface area contributed by atoms with Crippen LogP contribution in [-0.4, -0.2) is 17.0 Å². The number of pyridine rings is 1. The predicted molar refractivity (Wildman–Crippen MR) is 114 cm³/mol. The lowest BCUT2D eigenvalue weighted by Crippen LogP contribution is -2.12. The summed E-state index contributed by atoms with van der Waals surface area (Å²) >= 11 is 0. The molecule has 0 radical (unpaired) electrons. The molecule has 0 unspecified atom stereocenters. The second kappa shape index (κ2) is 8.57. The Morgan fingerprint density at radius 2 is 1.75 bits per heavy atom. The van der Waals surface area contributed by atoms with Gasteiger partial charge in [-0.15, -0.1) is 0 Å². The van der Waals surface area contributed by atoms with E-state index in [1.165, 1.54) is 11.1 Å². The first-order valence-electron chi connectivity index (χ1n) is 9.29. The molecule has 0 aliphatic carbocycles. The van der Waals surface area contributed by atoms with Crippen molar-refractivity contribution in [3.63, 3.8) is 0 Å². The Bertz CT molecular complexity index is 966. The first-order valence-corrected chi connectivity index (χ1v) is 9.29. The van der Waals surface area contributed by atoms with Gasteiger partial charge in [0.05, 0.1) is 23.6 Å². The number of anilines is 3. The van der Waals surface area contributed by atoms with Gasteiger partial charge in [-0.05, 0) is 75.2 Å². The summed E-state index contributed by atoms with van der Waals surface area (Å²) in [6.45, 7) is 8.08. The molecule has 1 heterocycles. The maximum Gasteiger partial charge on any atom is 0.257 e. The minimum atomic E-state index is -0.213. The van der Waals surface area contributed by atoms with Crippen molar-refractivity contribution >= 4 is 23.0 Å². The third-order valence-electron chi connectivity index (χ3n) is 4.37. The Morgan fingerprint density at radius 3 is 2.46 bits per heavy atom. The highest BCUT2D eigenvalue weighted by atomic mass is 16.5. The third-order valence-corrected chi connectivity index (χ3v) is 4.37. The maximum absolute atomic E-state index is 12.6. The summed E-state index contributed by atoms with van der Waals surface area (Å²) in [5.74, 6) is 0.559. The van der Waals surface area contributed by atoms with Crippen molar-refractivity contribution in [1.29, 1.82) is 0 Å². The normalized spacial score (nSPS) is 10.6. The molecule has 5 nitrogen and oxygen atoms in total. The quantitative estimate of drug-likeness (QED) is 0.599. The van der Waals surface area contributed by atoms with Crippen LogP contribution < -0.4 is 15.4 Å². The lowest BCUT2D eigenvalue weighted by atomic mass is 10.1. The SMILES string of the molecule is Cc1cccc(Nc2cncc(C(=O)Nc3ccc(OC(C)C)cc3)c2)c1C. The summed E-state index contributed by atoms with van der Waals surface area (Å²) in [4.78, 5) is 16.8. The second-order valence-corrected chi connectivity index (χ2v) is 6.98. The number of carbonyl (C=O) groups excluding carboxylic acids is 1. The van der Waals surface area contributed by atoms with E-state index in [0.29, 0.717) is 11.3 Å². The van der Waals surface area contributed by atoms with E-state index in [2.05, 4.69) is 35.5 Å². The summed E-state index contributed by atoms with van der Waals surface area (Å²) in [5.41, 5.74) is 5.33. The van der Waals surface area contributed by atoms with E-state index in [0.717, 1.165) is 17.1 Å². The van der Waals surface area contributed by atoms with Gasteiger partial charge in [0, 0.05) is 17.6 Å². The van der Waals surface area contributed by atoms with Crippen molar-refractivity contribution in [1.82, 2.24) is 4.98 Å². The van der Waals surface area contributed by atoms with E-state index in [4.69, 9.17) is 4.74 Å². The number of nitrogens with one attached hydrogen (secondary N) is 2. The first kappa shape index (κ1) is 19.4. The molecule has 0 spiro atoms. The van der Waals surface area contributed by atoms with Crippen molar-refractivity contribution in [3.8, 4) is 5.75 Å². The number of hydrogen-bond donors (Lipinski definition) is 2. The fraction of sp³-hybridized carbons (Fsp3) is 0.217. The van der Waals surface area contributed by atoms with Crippen LogP contribution in [0.5, 0.6) is 5.75 Å². The first-order chi connectivity index (χ1) is 13.4. The molecule has 0 saturated carbocycles. The van der Waals surface area contributed by atoms with Gasteiger partial charge < -0.3 is 15.4 Å². The Morgan fingerprint density at radius 1 is 1.00 bits per heavy atom. The van der Waals surface area contributed by atoms with Gasteiger partial charge in [0.15, 0.2) is 0 Å². The predicted octanol–water partition coefficient (Wildman–Crippen LogP) is 5.48. The van der Waals surface area contributed by atoms with Crippen LogP contribution in [0, 0.1) is 13.8 Å². The Balaban J connectivity index is 1.71. The molecule has 3 rings (SSSR count). The molecule has 1 amide bonds. The van der Waals surface area contributed by atoms with Crippen LogP contribution in [0.3, 0.4) is 0 Å². The van der Waals surface area contributed by atoms with Crippen molar-refractivity contribution in [2.75, 3.05) is 10.6 Å². The van der Waals surface area contributed by atoms with Crippen LogP contribution in [0.25, 0.3) is 0 Å². The van der Waals surface area contributed by atoms with Crippen molar-refractivity contribution < 1.29 is 9.53 Å². The number of ether oxygens (including phenoxy) is 1. The van der Waals surface area contributed by atoms with Gasteiger partial charge in [-0.2, -0.15) is 0 Å². The van der Waals surface area contributed by atoms with Crippen LogP contribution in [0.2, 0.25) is 0 Å². The Hall–Kier alpha value is -3.34. The average Bonchev–Trinajstić information content (AvgIpc) is 2.67. The molecule has 0 bridgehead atoms. The molecule has 2 aromatic carbocycles. The van der Waals surface area contributed by atoms with Crippen LogP contribution in [0.4, 0.5) is 17.1 Å². The monoisotopic (exact) mass is 375 g/mol. The summed E-state index contributed by atoms with van der Waals surface area (Å²) in [6, 6.07) is 15.2. The number of hydrogen-bond acceptors (Lipinski definition) is 4. The number of benzene rings is 2. The highest BCUT2D eigenvalue weighted by Gasteiger charge is 2.09. The Kier molecular flexibility index (Phi) is 5.94. The lowest BCUT2D eigenvalue weighted by molar-refractivity contribution is 0.102. The molecule has 0 fully saturated rings. The smallest absolute Gasteiger partial charge is 0.257 e. The van der Waals surface area contributed by atoms with Gasteiger partial charge in [0.25, 0.3) is 5.91 Å². The molecule has 28 heavy (non-hydrogen) atoms. The van der Waals surface area contributed by atoms with Crippen LogP contribution in [0.15, 0.2) is 60.9 Å². The molecular weight excluding hydrogens is 350 g/mol. The minimum Gasteiger partial charge on any atom is -0.491 e. The number of amides is 1. The van der Waals surface area contributed by atoms with E-state index in [-0.39, 0.29) is 12.0 Å². The molecule has 0 aliphatic rings. The van der Waals surface area contributed by atoms with Crippen molar-refractivity contribution in [2.45, 2.75) is 33.8 Å². The number of aromatic nitrogens is 1. The van der Waals surface area contributed by atoms with E-state index >= 15 is 0 Å². The molecule has 0 atom stereocenters. The van der Waals surface area contributed by atoms with E-state index < -0.39 is 0 Å². The molecule has 0 saturated heterocycles. The summed E-state index contributed by atoms with van der Waals surface area (Å²) < 4.78 is 5.62. The van der Waals surface area contributed by atoms with Crippen molar-refractivity contribution in [3.05, 3.63) is 77.6 Å². The second-order valence-electron chi connectivity index (χ2n) is 6.98. The van der Waals surface area contributed by atoms with Gasteiger partial charge in [-0.25, -0.2) is 0 Å². The fourth-order valence-electron chi connectivity index (χ4n) is 2.77. The standard InChI is InChI=1S/C23H25N3O2/c1-15(2)28-21-10-8-19(9-11-21)26-23(27)18-12-20(14-24-13-18)25-22-7-5-6-16(3)17(22)4/h5-15,25H,1-4H3,(H,26,27). The van der Waals surface area contributed by atoms with Gasteiger partial charge in [0.1, 0.15) is 5.75 Å². The van der Waals surface area contributed by atoms with Gasteiger partial charge in [-0.3, -0.25) is 9.78 Å². The van der Waals surface area contributed by atoms with Crippen LogP contribution in [0.1, 0.15) is 35.3 Å². The summed E-state index contributed by atoms with van der Waals surface area (Å²) in [6.07, 6.45) is 3.37. The average molecular weight is 375 g/mol. The van der Waals surface area contributed by atoms with Gasteiger partial charge in [-0.1, -0.05) is 12.1 Å². The van der Waals surface area contributed by atoms with Crippen molar-refractivity contribution in [2.24, 2.45) is 0 Å². The number of rotatable bonds is 6. The van der Waals surface area contributed by atoms with E-state index in [1.807, 2.05) is 50.2 Å². The number of aryl methyl sites for hydroxylation is 1. The summed E-state index contributed by atoms with van der Waals surface area (Å²) in [7, 11) is 0. The molecular formula is C23H25N3O2. The fourth-order valence-corrected chi connectivity index (χ4v) is 2.77. The van der Waals surface area contributed by atoms with Crippen LogP contribution in [-0.2, 0) is 0 Å². The van der Waals surface area contributed by atoms with E-state index in [9.17, 15) is 4.79 Å². The molecule has 3 aromatic rings. The summed E-state index contributed by atoms with van der Waals surface area (Å²) in [5, 5.41) is 6.23. The topological polar surface area (TPSA) is 63.2 Å². The largest absolute Gasteiger partial charge is 0.491 e. The van der Waals surface area contributed by atoms with E-state index in [1.54, 1.807) is 18.5 Å². The molecule has 2 N–H and O–H groups in total. The minimum absolute atomic E-state index is 0.110. The zero-order valence-corrected chi connectivity index (χ0v) is 16.6. The third kappa shape index (κ3) is 4.88. The zero-order valence-electron chi connectivity index (χ0n) is 16.6. The van der Waals surface area contributed by atoms with Gasteiger partial charge in [0.2, 0.25) is 0 Å².